The van der Waals surface area contributed by atoms with E-state index >= 15 is 0 Å². The standard InChI is InChI=1S/C22H22N2O6S/c1-28-15-12-13-20(30-3)21(14-15)31(26,27)24-17-9-5-4-8-16(17)22(25)23-18-10-6-7-11-19(18)29-2/h4-14,24H,1-3H3,(H,23,25). The number of para-hydroxylation sites is 3. The highest BCUT2D eigenvalue weighted by atomic mass is 32.2. The van der Waals surface area contributed by atoms with Gasteiger partial charge in [0.05, 0.1) is 38.3 Å². The van der Waals surface area contributed by atoms with Crippen molar-refractivity contribution in [1.29, 1.82) is 0 Å². The number of nitrogens with one attached hydrogen (secondary N) is 2. The van der Waals surface area contributed by atoms with Gasteiger partial charge in [-0.3, -0.25) is 9.52 Å². The molecule has 1 amide bonds. The van der Waals surface area contributed by atoms with Gasteiger partial charge in [-0.1, -0.05) is 24.3 Å². The fourth-order valence-corrected chi connectivity index (χ4v) is 4.17. The maximum atomic E-state index is 13.1. The van der Waals surface area contributed by atoms with Crippen LogP contribution in [-0.2, 0) is 10.0 Å². The first-order valence-electron chi connectivity index (χ1n) is 9.18. The predicted octanol–water partition coefficient (Wildman–Crippen LogP) is 3.77. The molecular formula is C22H22N2O6S. The topological polar surface area (TPSA) is 103 Å². The van der Waals surface area contributed by atoms with Crippen LogP contribution in [0.3, 0.4) is 0 Å². The summed E-state index contributed by atoms with van der Waals surface area (Å²) < 4.78 is 44.2. The summed E-state index contributed by atoms with van der Waals surface area (Å²) >= 11 is 0. The fraction of sp³-hybridized carbons (Fsp3) is 0.136. The lowest BCUT2D eigenvalue weighted by Crippen LogP contribution is -2.19. The second kappa shape index (κ2) is 9.40. The Morgan fingerprint density at radius 1 is 0.774 bits per heavy atom. The van der Waals surface area contributed by atoms with Crippen molar-refractivity contribution in [3.05, 3.63) is 72.3 Å². The lowest BCUT2D eigenvalue weighted by atomic mass is 10.1. The molecule has 0 atom stereocenters. The average molecular weight is 442 g/mol. The van der Waals surface area contributed by atoms with E-state index < -0.39 is 15.9 Å². The van der Waals surface area contributed by atoms with Gasteiger partial charge in [0.15, 0.2) is 0 Å². The molecule has 3 aromatic carbocycles. The maximum absolute atomic E-state index is 13.1. The molecule has 0 fully saturated rings. The van der Waals surface area contributed by atoms with Gasteiger partial charge in [0.2, 0.25) is 0 Å². The molecule has 162 valence electrons. The summed E-state index contributed by atoms with van der Waals surface area (Å²) in [5.41, 5.74) is 0.709. The smallest absolute Gasteiger partial charge is 0.265 e. The molecule has 0 spiro atoms. The van der Waals surface area contributed by atoms with Gasteiger partial charge in [-0.2, -0.15) is 0 Å². The molecule has 0 aromatic heterocycles. The molecule has 9 heteroatoms. The minimum Gasteiger partial charge on any atom is -0.497 e. The Morgan fingerprint density at radius 2 is 1.42 bits per heavy atom. The normalized spacial score (nSPS) is 10.8. The monoisotopic (exact) mass is 442 g/mol. The molecule has 31 heavy (non-hydrogen) atoms. The van der Waals surface area contributed by atoms with E-state index in [1.807, 2.05) is 0 Å². The van der Waals surface area contributed by atoms with Gasteiger partial charge in [0.1, 0.15) is 22.1 Å². The van der Waals surface area contributed by atoms with Crippen molar-refractivity contribution in [2.75, 3.05) is 31.4 Å². The second-order valence-electron chi connectivity index (χ2n) is 6.32. The van der Waals surface area contributed by atoms with Gasteiger partial charge >= 0.3 is 0 Å². The first-order valence-corrected chi connectivity index (χ1v) is 10.7. The molecule has 0 saturated heterocycles. The number of benzene rings is 3. The van der Waals surface area contributed by atoms with Crippen molar-refractivity contribution in [2.24, 2.45) is 0 Å². The van der Waals surface area contributed by atoms with Crippen LogP contribution in [0.2, 0.25) is 0 Å². The van der Waals surface area contributed by atoms with Crippen LogP contribution in [0.1, 0.15) is 10.4 Å². The van der Waals surface area contributed by atoms with Crippen molar-refractivity contribution in [2.45, 2.75) is 4.90 Å². The molecule has 0 heterocycles. The quantitative estimate of drug-likeness (QED) is 0.551. The third-order valence-electron chi connectivity index (χ3n) is 4.43. The van der Waals surface area contributed by atoms with Crippen molar-refractivity contribution < 1.29 is 27.4 Å². The Bertz CT molecular complexity index is 1190. The van der Waals surface area contributed by atoms with Gasteiger partial charge < -0.3 is 19.5 Å². The summed E-state index contributed by atoms with van der Waals surface area (Å²) in [6.45, 7) is 0. The third kappa shape index (κ3) is 4.89. The molecule has 0 aliphatic carbocycles. The van der Waals surface area contributed by atoms with Gasteiger partial charge in [0, 0.05) is 6.07 Å². The number of hydrogen-bond donors (Lipinski definition) is 2. The molecule has 0 bridgehead atoms. The SMILES string of the molecule is COc1ccc(OC)c(S(=O)(=O)Nc2ccccc2C(=O)Nc2ccccc2OC)c1. The van der Waals surface area contributed by atoms with Gasteiger partial charge in [-0.05, 0) is 36.4 Å². The number of anilines is 2. The highest BCUT2D eigenvalue weighted by Crippen LogP contribution is 2.31. The zero-order valence-electron chi connectivity index (χ0n) is 17.2. The summed E-state index contributed by atoms with van der Waals surface area (Å²) in [5, 5.41) is 2.74. The number of hydrogen-bond acceptors (Lipinski definition) is 6. The molecule has 0 aliphatic heterocycles. The summed E-state index contributed by atoms with van der Waals surface area (Å²) in [6.07, 6.45) is 0. The number of ether oxygens (including phenoxy) is 3. The van der Waals surface area contributed by atoms with Crippen LogP contribution in [0.25, 0.3) is 0 Å². The maximum Gasteiger partial charge on any atom is 0.265 e. The molecule has 2 N–H and O–H groups in total. The van der Waals surface area contributed by atoms with Crippen LogP contribution < -0.4 is 24.2 Å². The second-order valence-corrected chi connectivity index (χ2v) is 7.97. The Kier molecular flexibility index (Phi) is 6.66. The largest absolute Gasteiger partial charge is 0.497 e. The van der Waals surface area contributed by atoms with Crippen LogP contribution in [-0.4, -0.2) is 35.7 Å². The van der Waals surface area contributed by atoms with E-state index in [0.29, 0.717) is 17.2 Å². The van der Waals surface area contributed by atoms with Crippen LogP contribution in [0.15, 0.2) is 71.6 Å². The first kappa shape index (κ1) is 22.0. The highest BCUT2D eigenvalue weighted by Gasteiger charge is 2.23. The number of methoxy groups -OCH3 is 3. The number of carbonyl (C=O) groups is 1. The third-order valence-corrected chi connectivity index (χ3v) is 5.82. The van der Waals surface area contributed by atoms with Crippen LogP contribution in [0.4, 0.5) is 11.4 Å². The molecule has 3 rings (SSSR count). The summed E-state index contributed by atoms with van der Waals surface area (Å²) in [4.78, 5) is 12.8. The molecule has 8 nitrogen and oxygen atoms in total. The minimum absolute atomic E-state index is 0.111. The number of amides is 1. The Morgan fingerprint density at radius 3 is 2.10 bits per heavy atom. The fourth-order valence-electron chi connectivity index (χ4n) is 2.90. The van der Waals surface area contributed by atoms with Gasteiger partial charge in [-0.15, -0.1) is 0 Å². The van der Waals surface area contributed by atoms with E-state index in [4.69, 9.17) is 14.2 Å². The van der Waals surface area contributed by atoms with Crippen molar-refractivity contribution >= 4 is 27.3 Å². The van der Waals surface area contributed by atoms with Gasteiger partial charge in [-0.25, -0.2) is 8.42 Å². The lowest BCUT2D eigenvalue weighted by Gasteiger charge is -2.15. The van der Waals surface area contributed by atoms with E-state index in [1.165, 1.54) is 45.6 Å². The highest BCUT2D eigenvalue weighted by molar-refractivity contribution is 7.92. The zero-order chi connectivity index (χ0) is 22.4. The zero-order valence-corrected chi connectivity index (χ0v) is 18.0. The van der Waals surface area contributed by atoms with E-state index in [1.54, 1.807) is 42.5 Å². The van der Waals surface area contributed by atoms with E-state index in [-0.39, 0.29) is 21.9 Å². The van der Waals surface area contributed by atoms with E-state index in [2.05, 4.69) is 10.0 Å². The van der Waals surface area contributed by atoms with Crippen molar-refractivity contribution in [3.8, 4) is 17.2 Å². The minimum atomic E-state index is -4.09. The van der Waals surface area contributed by atoms with Crippen molar-refractivity contribution in [1.82, 2.24) is 0 Å². The number of carbonyl (C=O) groups excluding carboxylic acids is 1. The Labute approximate surface area is 180 Å². The molecule has 0 saturated carbocycles. The van der Waals surface area contributed by atoms with Crippen molar-refractivity contribution in [3.63, 3.8) is 0 Å². The van der Waals surface area contributed by atoms with Crippen LogP contribution >= 0.6 is 0 Å². The first-order chi connectivity index (χ1) is 14.9. The molecule has 0 aliphatic rings. The van der Waals surface area contributed by atoms with Crippen LogP contribution in [0.5, 0.6) is 17.2 Å². The Balaban J connectivity index is 1.94. The number of sulfonamides is 1. The summed E-state index contributed by atoms with van der Waals surface area (Å²) in [6, 6.07) is 17.6. The Hall–Kier alpha value is -3.72. The molecule has 0 radical (unpaired) electrons. The number of rotatable bonds is 8. The molecular weight excluding hydrogens is 420 g/mol. The van der Waals surface area contributed by atoms with Crippen LogP contribution in [0, 0.1) is 0 Å². The lowest BCUT2D eigenvalue weighted by molar-refractivity contribution is 0.102. The van der Waals surface area contributed by atoms with E-state index in [9.17, 15) is 13.2 Å². The van der Waals surface area contributed by atoms with E-state index in [0.717, 1.165) is 0 Å². The van der Waals surface area contributed by atoms with Gasteiger partial charge in [0.25, 0.3) is 15.9 Å². The predicted molar refractivity (Wildman–Crippen MR) is 118 cm³/mol. The molecule has 0 unspecified atom stereocenters. The summed E-state index contributed by atoms with van der Waals surface area (Å²) in [5.74, 6) is 0.475. The average Bonchev–Trinajstić information content (AvgIpc) is 2.79. The molecule has 3 aromatic rings. The summed E-state index contributed by atoms with van der Waals surface area (Å²) in [7, 11) is 0.209.